The van der Waals surface area contributed by atoms with E-state index in [1.807, 2.05) is 4.90 Å². The van der Waals surface area contributed by atoms with Crippen LogP contribution in [-0.2, 0) is 4.74 Å². The number of unbranched alkanes of at least 4 members (excludes halogenated alkanes) is 20. The number of alkyl halides is 1. The molecule has 0 aliphatic carbocycles. The lowest BCUT2D eigenvalue weighted by Gasteiger charge is -2.23. The molecule has 1 atom stereocenters. The van der Waals surface area contributed by atoms with E-state index in [4.69, 9.17) is 16.3 Å². The van der Waals surface area contributed by atoms with Crippen molar-refractivity contribution in [3.8, 4) is 0 Å². The second-order valence-electron chi connectivity index (χ2n) is 9.98. The predicted molar refractivity (Wildman–Crippen MR) is 146 cm³/mol. The Bertz CT molecular complexity index is 377. The van der Waals surface area contributed by atoms with Gasteiger partial charge in [0, 0.05) is 13.1 Å². The standard InChI is InChI=1S/C29H58ClNO2/c1-4-6-8-10-12-14-16-18-20-22-24-26-31(29(32)33-28(3)30)27-25-23-21-19-17-15-13-11-9-7-5-2/h28H,4-27H2,1-3H3. The number of nitrogens with zero attached hydrogens (tertiary/aromatic N) is 1. The van der Waals surface area contributed by atoms with E-state index in [0.29, 0.717) is 0 Å². The van der Waals surface area contributed by atoms with Crippen LogP contribution in [0.2, 0.25) is 0 Å². The fraction of sp³-hybridized carbons (Fsp3) is 0.966. The van der Waals surface area contributed by atoms with Crippen molar-refractivity contribution in [1.82, 2.24) is 4.90 Å². The van der Waals surface area contributed by atoms with Crippen LogP contribution in [0.1, 0.15) is 162 Å². The molecule has 33 heavy (non-hydrogen) atoms. The molecular formula is C29H58ClNO2. The summed E-state index contributed by atoms with van der Waals surface area (Å²) < 4.78 is 5.27. The summed E-state index contributed by atoms with van der Waals surface area (Å²) in [6, 6.07) is 0. The fourth-order valence-corrected chi connectivity index (χ4v) is 4.52. The van der Waals surface area contributed by atoms with Gasteiger partial charge in [-0.25, -0.2) is 4.79 Å². The van der Waals surface area contributed by atoms with Crippen LogP contribution in [0.15, 0.2) is 0 Å². The molecule has 0 spiro atoms. The molecule has 0 rings (SSSR count). The monoisotopic (exact) mass is 487 g/mol. The number of hydrogen-bond donors (Lipinski definition) is 0. The van der Waals surface area contributed by atoms with Crippen molar-refractivity contribution in [3.63, 3.8) is 0 Å². The molecule has 0 saturated carbocycles. The topological polar surface area (TPSA) is 29.5 Å². The van der Waals surface area contributed by atoms with Crippen molar-refractivity contribution in [1.29, 1.82) is 0 Å². The Morgan fingerprint density at radius 2 is 0.848 bits per heavy atom. The van der Waals surface area contributed by atoms with Gasteiger partial charge in [0.15, 0.2) is 5.56 Å². The van der Waals surface area contributed by atoms with Crippen molar-refractivity contribution in [2.45, 2.75) is 168 Å². The lowest BCUT2D eigenvalue weighted by molar-refractivity contribution is 0.0942. The molecule has 1 unspecified atom stereocenters. The highest BCUT2D eigenvalue weighted by Gasteiger charge is 2.16. The molecule has 0 N–H and O–H groups in total. The minimum absolute atomic E-state index is 0.239. The van der Waals surface area contributed by atoms with Crippen LogP contribution in [0, 0.1) is 0 Å². The third-order valence-electron chi connectivity index (χ3n) is 6.58. The van der Waals surface area contributed by atoms with Gasteiger partial charge >= 0.3 is 6.09 Å². The maximum atomic E-state index is 12.4. The lowest BCUT2D eigenvalue weighted by atomic mass is 10.1. The van der Waals surface area contributed by atoms with Gasteiger partial charge in [0.25, 0.3) is 0 Å². The van der Waals surface area contributed by atoms with Gasteiger partial charge in [0.1, 0.15) is 0 Å². The predicted octanol–water partition coefficient (Wildman–Crippen LogP) is 10.6. The van der Waals surface area contributed by atoms with E-state index in [-0.39, 0.29) is 6.09 Å². The first kappa shape index (κ1) is 32.6. The molecule has 1 amide bonds. The summed E-state index contributed by atoms with van der Waals surface area (Å²) in [7, 11) is 0. The van der Waals surface area contributed by atoms with Gasteiger partial charge in [0.2, 0.25) is 0 Å². The molecule has 0 aliphatic heterocycles. The molecule has 0 saturated heterocycles. The Morgan fingerprint density at radius 1 is 0.576 bits per heavy atom. The Labute approximate surface area is 212 Å². The van der Waals surface area contributed by atoms with Gasteiger partial charge in [-0.15, -0.1) is 0 Å². The quantitative estimate of drug-likeness (QED) is 0.0945. The van der Waals surface area contributed by atoms with Gasteiger partial charge < -0.3 is 9.64 Å². The first-order chi connectivity index (χ1) is 16.1. The number of rotatable bonds is 25. The smallest absolute Gasteiger partial charge is 0.411 e. The van der Waals surface area contributed by atoms with Crippen LogP contribution in [0.25, 0.3) is 0 Å². The Balaban J connectivity index is 3.80. The zero-order valence-corrected chi connectivity index (χ0v) is 23.4. The van der Waals surface area contributed by atoms with Gasteiger partial charge in [-0.2, -0.15) is 0 Å². The SMILES string of the molecule is CCCCCCCCCCCCCN(CCCCCCCCCCCCC)C(=O)OC(C)Cl. The summed E-state index contributed by atoms with van der Waals surface area (Å²) in [5.41, 5.74) is -0.561. The Kier molecular flexibility index (Phi) is 25.8. The van der Waals surface area contributed by atoms with Gasteiger partial charge in [-0.05, 0) is 19.8 Å². The van der Waals surface area contributed by atoms with Crippen LogP contribution in [-0.4, -0.2) is 29.6 Å². The van der Waals surface area contributed by atoms with Crippen LogP contribution >= 0.6 is 11.6 Å². The Morgan fingerprint density at radius 3 is 1.12 bits per heavy atom. The van der Waals surface area contributed by atoms with E-state index in [1.54, 1.807) is 6.92 Å². The zero-order valence-electron chi connectivity index (χ0n) is 22.7. The fourth-order valence-electron chi connectivity index (χ4n) is 4.44. The molecular weight excluding hydrogens is 430 g/mol. The number of carbonyl (C=O) groups is 1. The third-order valence-corrected chi connectivity index (χ3v) is 6.67. The molecule has 0 fully saturated rings. The van der Waals surface area contributed by atoms with E-state index in [9.17, 15) is 4.79 Å². The largest absolute Gasteiger partial charge is 0.430 e. The minimum Gasteiger partial charge on any atom is -0.430 e. The summed E-state index contributed by atoms with van der Waals surface area (Å²) >= 11 is 5.89. The molecule has 0 aromatic carbocycles. The van der Waals surface area contributed by atoms with Crippen LogP contribution in [0.5, 0.6) is 0 Å². The first-order valence-electron chi connectivity index (χ1n) is 14.7. The minimum atomic E-state index is -0.561. The van der Waals surface area contributed by atoms with Gasteiger partial charge in [0.05, 0.1) is 0 Å². The lowest BCUT2D eigenvalue weighted by Crippen LogP contribution is -2.34. The van der Waals surface area contributed by atoms with Crippen molar-refractivity contribution >= 4 is 17.7 Å². The molecule has 3 nitrogen and oxygen atoms in total. The molecule has 0 aromatic heterocycles. The first-order valence-corrected chi connectivity index (χ1v) is 15.1. The summed E-state index contributed by atoms with van der Waals surface area (Å²) in [6.07, 6.45) is 28.9. The number of halogens is 1. The highest BCUT2D eigenvalue weighted by molar-refractivity contribution is 6.19. The molecule has 198 valence electrons. The molecule has 4 heteroatoms. The number of ether oxygens (including phenoxy) is 1. The molecule has 0 heterocycles. The number of hydrogen-bond acceptors (Lipinski definition) is 2. The maximum Gasteiger partial charge on any atom is 0.411 e. The van der Waals surface area contributed by atoms with E-state index in [2.05, 4.69) is 13.8 Å². The molecule has 0 radical (unpaired) electrons. The van der Waals surface area contributed by atoms with E-state index in [0.717, 1.165) is 25.9 Å². The van der Waals surface area contributed by atoms with Gasteiger partial charge in [-0.3, -0.25) is 0 Å². The van der Waals surface area contributed by atoms with Crippen molar-refractivity contribution < 1.29 is 9.53 Å². The van der Waals surface area contributed by atoms with E-state index in [1.165, 1.54) is 128 Å². The summed E-state index contributed by atoms with van der Waals surface area (Å²) in [6.45, 7) is 7.86. The van der Waals surface area contributed by atoms with Crippen LogP contribution in [0.3, 0.4) is 0 Å². The second-order valence-corrected chi connectivity index (χ2v) is 10.6. The van der Waals surface area contributed by atoms with Crippen molar-refractivity contribution in [2.24, 2.45) is 0 Å². The highest BCUT2D eigenvalue weighted by Crippen LogP contribution is 2.14. The molecule has 0 bridgehead atoms. The summed E-state index contributed by atoms with van der Waals surface area (Å²) in [5.74, 6) is 0. The Hall–Kier alpha value is -0.440. The highest BCUT2D eigenvalue weighted by atomic mass is 35.5. The van der Waals surface area contributed by atoms with E-state index >= 15 is 0 Å². The average Bonchev–Trinajstić information content (AvgIpc) is 2.79. The van der Waals surface area contributed by atoms with Gasteiger partial charge in [-0.1, -0.05) is 154 Å². The third kappa shape index (κ3) is 24.5. The van der Waals surface area contributed by atoms with Crippen molar-refractivity contribution in [3.05, 3.63) is 0 Å². The number of amides is 1. The van der Waals surface area contributed by atoms with Crippen LogP contribution in [0.4, 0.5) is 4.79 Å². The summed E-state index contributed by atoms with van der Waals surface area (Å²) in [4.78, 5) is 14.3. The summed E-state index contributed by atoms with van der Waals surface area (Å²) in [5, 5.41) is 0. The molecule has 0 aliphatic rings. The molecule has 0 aromatic rings. The second kappa shape index (κ2) is 26.2. The van der Waals surface area contributed by atoms with E-state index < -0.39 is 5.56 Å². The number of carbonyl (C=O) groups excluding carboxylic acids is 1. The van der Waals surface area contributed by atoms with Crippen LogP contribution < -0.4 is 0 Å². The normalized spacial score (nSPS) is 12.1. The van der Waals surface area contributed by atoms with Crippen molar-refractivity contribution in [2.75, 3.05) is 13.1 Å². The maximum absolute atomic E-state index is 12.4. The zero-order chi connectivity index (χ0) is 24.4. The average molecular weight is 488 g/mol.